The van der Waals surface area contributed by atoms with Gasteiger partial charge in [0.05, 0.1) is 12.6 Å². The summed E-state index contributed by atoms with van der Waals surface area (Å²) in [6.45, 7) is 2.69. The van der Waals surface area contributed by atoms with Crippen LogP contribution < -0.4 is 5.73 Å². The minimum Gasteiger partial charge on any atom is -0.380 e. The molecule has 1 rings (SSSR count). The lowest BCUT2D eigenvalue weighted by molar-refractivity contribution is 0.132. The van der Waals surface area contributed by atoms with E-state index in [1.807, 2.05) is 6.92 Å². The largest absolute Gasteiger partial charge is 0.380 e. The van der Waals surface area contributed by atoms with Crippen LogP contribution in [0.25, 0.3) is 0 Å². The maximum absolute atomic E-state index is 13.3. The Morgan fingerprint density at radius 1 is 1.57 bits per heavy atom. The Bertz CT molecular complexity index is 286. The van der Waals surface area contributed by atoms with Crippen LogP contribution >= 0.6 is 11.6 Å². The van der Waals surface area contributed by atoms with E-state index in [-0.39, 0.29) is 12.4 Å². The second-order valence-electron chi connectivity index (χ2n) is 2.90. The molecule has 0 fully saturated rings. The zero-order valence-electron chi connectivity index (χ0n) is 7.97. The van der Waals surface area contributed by atoms with Crippen LogP contribution in [0, 0.1) is 5.82 Å². The molecule has 0 aromatic heterocycles. The van der Waals surface area contributed by atoms with Crippen molar-refractivity contribution in [3.05, 3.63) is 34.6 Å². The number of hydrogen-bond donors (Lipinski definition) is 1. The summed E-state index contributed by atoms with van der Waals surface area (Å²) in [6.07, 6.45) is 0. The van der Waals surface area contributed by atoms with Gasteiger partial charge in [0, 0.05) is 17.2 Å². The van der Waals surface area contributed by atoms with Crippen LogP contribution in [0.4, 0.5) is 4.39 Å². The average molecular weight is 218 g/mol. The van der Waals surface area contributed by atoms with Crippen molar-refractivity contribution in [1.29, 1.82) is 0 Å². The van der Waals surface area contributed by atoms with Crippen molar-refractivity contribution < 1.29 is 9.13 Å². The number of nitrogens with two attached hydrogens (primary N) is 1. The molecule has 1 aromatic rings. The second-order valence-corrected chi connectivity index (χ2v) is 3.31. The SMILES string of the molecule is CCOCC(N)c1c(F)cccc1Cl. The summed E-state index contributed by atoms with van der Waals surface area (Å²) in [4.78, 5) is 0. The maximum atomic E-state index is 13.3. The van der Waals surface area contributed by atoms with Crippen molar-refractivity contribution >= 4 is 11.6 Å². The maximum Gasteiger partial charge on any atom is 0.129 e. The zero-order chi connectivity index (χ0) is 10.6. The van der Waals surface area contributed by atoms with Crippen molar-refractivity contribution in [3.8, 4) is 0 Å². The van der Waals surface area contributed by atoms with Crippen LogP contribution in [-0.2, 0) is 4.74 Å². The van der Waals surface area contributed by atoms with E-state index in [1.165, 1.54) is 6.07 Å². The van der Waals surface area contributed by atoms with Crippen molar-refractivity contribution in [2.24, 2.45) is 5.73 Å². The molecule has 0 aliphatic heterocycles. The highest BCUT2D eigenvalue weighted by molar-refractivity contribution is 6.31. The van der Waals surface area contributed by atoms with E-state index in [4.69, 9.17) is 22.1 Å². The van der Waals surface area contributed by atoms with E-state index in [0.717, 1.165) is 0 Å². The Kier molecular flexibility index (Phi) is 4.32. The van der Waals surface area contributed by atoms with Crippen LogP contribution in [0.3, 0.4) is 0 Å². The molecule has 2 nitrogen and oxygen atoms in total. The summed E-state index contributed by atoms with van der Waals surface area (Å²) in [7, 11) is 0. The van der Waals surface area contributed by atoms with E-state index in [0.29, 0.717) is 17.2 Å². The lowest BCUT2D eigenvalue weighted by Gasteiger charge is -2.14. The molecular weight excluding hydrogens is 205 g/mol. The quantitative estimate of drug-likeness (QED) is 0.841. The molecule has 1 atom stereocenters. The lowest BCUT2D eigenvalue weighted by atomic mass is 10.1. The third-order valence-electron chi connectivity index (χ3n) is 1.87. The molecule has 1 aromatic carbocycles. The molecule has 0 spiro atoms. The highest BCUT2D eigenvalue weighted by Crippen LogP contribution is 2.24. The molecule has 78 valence electrons. The molecule has 0 radical (unpaired) electrons. The molecule has 2 N–H and O–H groups in total. The van der Waals surface area contributed by atoms with Crippen LogP contribution in [0.2, 0.25) is 5.02 Å². The summed E-state index contributed by atoms with van der Waals surface area (Å²) >= 11 is 5.83. The average Bonchev–Trinajstić information content (AvgIpc) is 2.14. The summed E-state index contributed by atoms with van der Waals surface area (Å²) in [5, 5.41) is 0.345. The number of ether oxygens (including phenoxy) is 1. The van der Waals surface area contributed by atoms with E-state index in [9.17, 15) is 4.39 Å². The first kappa shape index (κ1) is 11.4. The van der Waals surface area contributed by atoms with Crippen molar-refractivity contribution in [1.82, 2.24) is 0 Å². The molecule has 0 saturated carbocycles. The first-order chi connectivity index (χ1) is 6.66. The third-order valence-corrected chi connectivity index (χ3v) is 2.20. The van der Waals surface area contributed by atoms with Gasteiger partial charge in [-0.3, -0.25) is 0 Å². The second kappa shape index (κ2) is 5.29. The molecule has 0 amide bonds. The predicted octanol–water partition coefficient (Wildman–Crippen LogP) is 2.52. The van der Waals surface area contributed by atoms with Gasteiger partial charge in [-0.05, 0) is 19.1 Å². The van der Waals surface area contributed by atoms with Gasteiger partial charge in [-0.25, -0.2) is 4.39 Å². The normalized spacial score (nSPS) is 12.9. The molecule has 0 aliphatic rings. The predicted molar refractivity (Wildman–Crippen MR) is 54.8 cm³/mol. The highest BCUT2D eigenvalue weighted by atomic mass is 35.5. The van der Waals surface area contributed by atoms with Crippen LogP contribution in [0.5, 0.6) is 0 Å². The smallest absolute Gasteiger partial charge is 0.129 e. The molecular formula is C10H13ClFNO. The van der Waals surface area contributed by atoms with E-state index < -0.39 is 6.04 Å². The highest BCUT2D eigenvalue weighted by Gasteiger charge is 2.14. The van der Waals surface area contributed by atoms with E-state index in [1.54, 1.807) is 12.1 Å². The van der Waals surface area contributed by atoms with Gasteiger partial charge in [0.25, 0.3) is 0 Å². The Labute approximate surface area is 87.8 Å². The van der Waals surface area contributed by atoms with Crippen LogP contribution in [0.1, 0.15) is 18.5 Å². The summed E-state index contributed by atoms with van der Waals surface area (Å²) in [5.74, 6) is -0.385. The first-order valence-electron chi connectivity index (χ1n) is 4.44. The Hall–Kier alpha value is -0.640. The number of rotatable bonds is 4. The molecule has 0 saturated heterocycles. The van der Waals surface area contributed by atoms with Crippen molar-refractivity contribution in [2.45, 2.75) is 13.0 Å². The van der Waals surface area contributed by atoms with Crippen LogP contribution in [0.15, 0.2) is 18.2 Å². The number of hydrogen-bond acceptors (Lipinski definition) is 2. The standard InChI is InChI=1S/C10H13ClFNO/c1-2-14-6-9(13)10-7(11)4-3-5-8(10)12/h3-5,9H,2,6,13H2,1H3. The van der Waals surface area contributed by atoms with E-state index >= 15 is 0 Å². The first-order valence-corrected chi connectivity index (χ1v) is 4.81. The van der Waals surface area contributed by atoms with Gasteiger partial charge in [-0.15, -0.1) is 0 Å². The van der Waals surface area contributed by atoms with Gasteiger partial charge in [0.15, 0.2) is 0 Å². The fourth-order valence-corrected chi connectivity index (χ4v) is 1.50. The Morgan fingerprint density at radius 2 is 2.29 bits per heavy atom. The van der Waals surface area contributed by atoms with Gasteiger partial charge in [0.2, 0.25) is 0 Å². The molecule has 14 heavy (non-hydrogen) atoms. The fraction of sp³-hybridized carbons (Fsp3) is 0.400. The molecule has 0 aliphatic carbocycles. The van der Waals surface area contributed by atoms with Crippen molar-refractivity contribution in [3.63, 3.8) is 0 Å². The topological polar surface area (TPSA) is 35.2 Å². The van der Waals surface area contributed by atoms with Gasteiger partial charge in [-0.1, -0.05) is 17.7 Å². The summed E-state index contributed by atoms with van der Waals surface area (Å²) < 4.78 is 18.4. The van der Waals surface area contributed by atoms with Gasteiger partial charge in [-0.2, -0.15) is 0 Å². The van der Waals surface area contributed by atoms with Crippen LogP contribution in [-0.4, -0.2) is 13.2 Å². The van der Waals surface area contributed by atoms with Gasteiger partial charge in [0.1, 0.15) is 5.82 Å². The van der Waals surface area contributed by atoms with Crippen molar-refractivity contribution in [2.75, 3.05) is 13.2 Å². The van der Waals surface area contributed by atoms with Gasteiger partial charge < -0.3 is 10.5 Å². The van der Waals surface area contributed by atoms with E-state index in [2.05, 4.69) is 0 Å². The minimum atomic E-state index is -0.511. The molecule has 0 bridgehead atoms. The molecule has 1 unspecified atom stereocenters. The fourth-order valence-electron chi connectivity index (χ4n) is 1.19. The third kappa shape index (κ3) is 2.67. The molecule has 0 heterocycles. The number of benzene rings is 1. The Morgan fingerprint density at radius 3 is 2.86 bits per heavy atom. The summed E-state index contributed by atoms with van der Waals surface area (Å²) in [5.41, 5.74) is 6.06. The Balaban J connectivity index is 2.82. The monoisotopic (exact) mass is 217 g/mol. The lowest BCUT2D eigenvalue weighted by Crippen LogP contribution is -2.19. The summed E-state index contributed by atoms with van der Waals surface area (Å²) in [6, 6.07) is 4.00. The zero-order valence-corrected chi connectivity index (χ0v) is 8.72. The minimum absolute atomic E-state index is 0.275. The molecule has 4 heteroatoms. The van der Waals surface area contributed by atoms with Gasteiger partial charge >= 0.3 is 0 Å². The number of halogens is 2.